The van der Waals surface area contributed by atoms with Crippen molar-refractivity contribution in [3.8, 4) is 0 Å². The molecule has 10 heteroatoms. The second kappa shape index (κ2) is 11.3. The molecule has 2 aromatic heterocycles. The Bertz CT molecular complexity index is 1030. The van der Waals surface area contributed by atoms with Gasteiger partial charge in [-0.15, -0.1) is 0 Å². The highest BCUT2D eigenvalue weighted by Crippen LogP contribution is 2.25. The Kier molecular flexibility index (Phi) is 8.18. The molecule has 3 aromatic rings. The van der Waals surface area contributed by atoms with Gasteiger partial charge >= 0.3 is 5.97 Å². The zero-order valence-electron chi connectivity index (χ0n) is 17.2. The number of rotatable bonds is 12. The first-order valence-electron chi connectivity index (χ1n) is 10.2. The van der Waals surface area contributed by atoms with E-state index in [4.69, 9.17) is 4.52 Å². The monoisotopic (exact) mass is 448 g/mol. The Morgan fingerprint density at radius 1 is 1.12 bits per heavy atom. The van der Waals surface area contributed by atoms with Gasteiger partial charge in [0.1, 0.15) is 11.6 Å². The van der Waals surface area contributed by atoms with Gasteiger partial charge in [-0.05, 0) is 42.7 Å². The molecule has 32 heavy (non-hydrogen) atoms. The summed E-state index contributed by atoms with van der Waals surface area (Å²) < 4.78 is 43.4. The highest BCUT2D eigenvalue weighted by molar-refractivity contribution is 5.68. The molecule has 0 radical (unpaired) electrons. The second-order valence-electron chi connectivity index (χ2n) is 7.30. The SMILES string of the molecule is O=C(O)CC(Cc1nc(CCCc2cccc(NCC(F)F)n2)no1)c1cccc(F)c1. The van der Waals surface area contributed by atoms with Crippen LogP contribution in [0.1, 0.15) is 41.7 Å². The topological polar surface area (TPSA) is 101 Å². The number of benzene rings is 1. The number of aryl methyl sites for hydroxylation is 2. The van der Waals surface area contributed by atoms with Crippen LogP contribution >= 0.6 is 0 Å². The zero-order valence-corrected chi connectivity index (χ0v) is 17.2. The second-order valence-corrected chi connectivity index (χ2v) is 7.30. The molecule has 2 N–H and O–H groups in total. The molecule has 170 valence electrons. The fraction of sp³-hybridized carbons (Fsp3) is 0.364. The Morgan fingerprint density at radius 2 is 1.94 bits per heavy atom. The number of pyridine rings is 1. The lowest BCUT2D eigenvalue weighted by Gasteiger charge is -2.13. The maximum Gasteiger partial charge on any atom is 0.303 e. The summed E-state index contributed by atoms with van der Waals surface area (Å²) in [6.45, 7) is -0.458. The number of hydrogen-bond acceptors (Lipinski definition) is 6. The molecule has 0 saturated carbocycles. The van der Waals surface area contributed by atoms with E-state index in [9.17, 15) is 23.1 Å². The van der Waals surface area contributed by atoms with Crippen LogP contribution < -0.4 is 5.32 Å². The average Bonchev–Trinajstić information content (AvgIpc) is 3.19. The molecular weight excluding hydrogens is 425 g/mol. The van der Waals surface area contributed by atoms with Crippen LogP contribution in [0.4, 0.5) is 19.0 Å². The number of anilines is 1. The molecule has 0 bridgehead atoms. The van der Waals surface area contributed by atoms with E-state index >= 15 is 0 Å². The third-order valence-corrected chi connectivity index (χ3v) is 4.75. The smallest absolute Gasteiger partial charge is 0.303 e. The lowest BCUT2D eigenvalue weighted by Crippen LogP contribution is -2.11. The Morgan fingerprint density at radius 3 is 2.69 bits per heavy atom. The van der Waals surface area contributed by atoms with Crippen molar-refractivity contribution in [3.05, 3.63) is 71.3 Å². The van der Waals surface area contributed by atoms with Gasteiger partial charge in [0.15, 0.2) is 5.82 Å². The van der Waals surface area contributed by atoms with Crippen LogP contribution in [0.5, 0.6) is 0 Å². The summed E-state index contributed by atoms with van der Waals surface area (Å²) in [6.07, 6.45) is -0.705. The van der Waals surface area contributed by atoms with Crippen molar-refractivity contribution in [2.45, 2.75) is 44.4 Å². The molecular formula is C22H23F3N4O3. The lowest BCUT2D eigenvalue weighted by molar-refractivity contribution is -0.137. The van der Waals surface area contributed by atoms with Gasteiger partial charge in [-0.25, -0.2) is 18.2 Å². The van der Waals surface area contributed by atoms with E-state index in [0.29, 0.717) is 36.5 Å². The van der Waals surface area contributed by atoms with Crippen LogP contribution in [0.2, 0.25) is 0 Å². The summed E-state index contributed by atoms with van der Waals surface area (Å²) in [7, 11) is 0. The lowest BCUT2D eigenvalue weighted by atomic mass is 9.92. The third-order valence-electron chi connectivity index (χ3n) is 4.75. The minimum absolute atomic E-state index is 0.183. The number of alkyl halides is 2. The Labute approximate surface area is 182 Å². The first kappa shape index (κ1) is 23.2. The number of carbonyl (C=O) groups is 1. The molecule has 0 fully saturated rings. The fourth-order valence-corrected chi connectivity index (χ4v) is 3.29. The summed E-state index contributed by atoms with van der Waals surface area (Å²) in [5.41, 5.74) is 1.30. The molecule has 0 amide bonds. The van der Waals surface area contributed by atoms with Crippen LogP contribution in [-0.4, -0.2) is 39.2 Å². The maximum atomic E-state index is 13.5. The highest BCUT2D eigenvalue weighted by Gasteiger charge is 2.20. The average molecular weight is 448 g/mol. The Hall–Kier alpha value is -3.43. The quantitative estimate of drug-likeness (QED) is 0.427. The third kappa shape index (κ3) is 7.36. The number of nitrogens with one attached hydrogen (secondary N) is 1. The van der Waals surface area contributed by atoms with Crippen molar-refractivity contribution < 1.29 is 27.6 Å². The van der Waals surface area contributed by atoms with E-state index < -0.39 is 30.7 Å². The summed E-state index contributed by atoms with van der Waals surface area (Å²) >= 11 is 0. The summed E-state index contributed by atoms with van der Waals surface area (Å²) in [4.78, 5) is 19.8. The number of aliphatic carboxylic acids is 1. The van der Waals surface area contributed by atoms with E-state index in [1.54, 1.807) is 18.2 Å². The van der Waals surface area contributed by atoms with Gasteiger partial charge in [0.2, 0.25) is 5.89 Å². The molecule has 0 aliphatic heterocycles. The van der Waals surface area contributed by atoms with Gasteiger partial charge in [-0.3, -0.25) is 4.79 Å². The first-order valence-corrected chi connectivity index (χ1v) is 10.2. The van der Waals surface area contributed by atoms with E-state index in [-0.39, 0.29) is 18.7 Å². The van der Waals surface area contributed by atoms with Gasteiger partial charge < -0.3 is 14.9 Å². The summed E-state index contributed by atoms with van der Waals surface area (Å²) in [6, 6.07) is 11.0. The molecule has 1 aromatic carbocycles. The number of carboxylic acids is 1. The molecule has 0 spiro atoms. The minimum Gasteiger partial charge on any atom is -0.481 e. The zero-order chi connectivity index (χ0) is 22.9. The van der Waals surface area contributed by atoms with Crippen molar-refractivity contribution in [1.82, 2.24) is 15.1 Å². The number of aromatic nitrogens is 3. The number of nitrogens with zero attached hydrogens (tertiary/aromatic N) is 3. The minimum atomic E-state index is -2.45. The fourth-order valence-electron chi connectivity index (χ4n) is 3.29. The maximum absolute atomic E-state index is 13.5. The largest absolute Gasteiger partial charge is 0.481 e. The van der Waals surface area contributed by atoms with Gasteiger partial charge in [-0.1, -0.05) is 23.4 Å². The van der Waals surface area contributed by atoms with Crippen LogP contribution in [0.3, 0.4) is 0 Å². The van der Waals surface area contributed by atoms with E-state index in [1.807, 2.05) is 6.07 Å². The van der Waals surface area contributed by atoms with Crippen LogP contribution in [0.25, 0.3) is 0 Å². The van der Waals surface area contributed by atoms with Crippen LogP contribution in [-0.2, 0) is 24.1 Å². The summed E-state index contributed by atoms with van der Waals surface area (Å²) in [5, 5.41) is 15.7. The predicted molar refractivity (Wildman–Crippen MR) is 110 cm³/mol. The van der Waals surface area contributed by atoms with Crippen molar-refractivity contribution in [2.75, 3.05) is 11.9 Å². The van der Waals surface area contributed by atoms with Crippen molar-refractivity contribution in [2.24, 2.45) is 0 Å². The summed E-state index contributed by atoms with van der Waals surface area (Å²) in [5.74, 6) is -0.786. The highest BCUT2D eigenvalue weighted by atomic mass is 19.3. The predicted octanol–water partition coefficient (Wildman–Crippen LogP) is 4.26. The molecule has 1 unspecified atom stereocenters. The molecule has 2 heterocycles. The van der Waals surface area contributed by atoms with Gasteiger partial charge in [-0.2, -0.15) is 4.98 Å². The van der Waals surface area contributed by atoms with Gasteiger partial charge in [0, 0.05) is 24.5 Å². The van der Waals surface area contributed by atoms with Gasteiger partial charge in [0.05, 0.1) is 13.0 Å². The van der Waals surface area contributed by atoms with E-state index in [2.05, 4.69) is 20.4 Å². The molecule has 0 aliphatic carbocycles. The number of carboxylic acid groups (broad SMARTS) is 1. The van der Waals surface area contributed by atoms with Crippen LogP contribution in [0, 0.1) is 5.82 Å². The number of halogens is 3. The van der Waals surface area contributed by atoms with E-state index in [1.165, 1.54) is 18.2 Å². The van der Waals surface area contributed by atoms with E-state index in [0.717, 1.165) is 5.69 Å². The van der Waals surface area contributed by atoms with Gasteiger partial charge in [0.25, 0.3) is 6.43 Å². The van der Waals surface area contributed by atoms with Crippen molar-refractivity contribution in [1.29, 1.82) is 0 Å². The standard InChI is InChI=1S/C22H23F3N4O3/c23-16-5-1-4-14(10-16)15(12-22(30)31)11-21-28-20(29-32-21)9-3-7-17-6-2-8-19(27-17)26-13-18(24)25/h1-2,4-6,8,10,15,18H,3,7,9,11-13H2,(H,26,27)(H,30,31). The molecule has 1 atom stereocenters. The van der Waals surface area contributed by atoms with Crippen molar-refractivity contribution >= 4 is 11.8 Å². The first-order chi connectivity index (χ1) is 15.4. The molecule has 7 nitrogen and oxygen atoms in total. The molecule has 3 rings (SSSR count). The Balaban J connectivity index is 1.55. The molecule has 0 aliphatic rings. The van der Waals surface area contributed by atoms with Crippen molar-refractivity contribution in [3.63, 3.8) is 0 Å². The normalized spacial score (nSPS) is 12.1. The number of hydrogen-bond donors (Lipinski definition) is 2. The molecule has 0 saturated heterocycles. The van der Waals surface area contributed by atoms with Crippen LogP contribution in [0.15, 0.2) is 47.0 Å².